The van der Waals surface area contributed by atoms with E-state index in [1.807, 2.05) is 6.07 Å². The number of carbonyl (C=O) groups is 1. The van der Waals surface area contributed by atoms with Crippen molar-refractivity contribution in [3.63, 3.8) is 0 Å². The highest BCUT2D eigenvalue weighted by molar-refractivity contribution is 5.95. The predicted molar refractivity (Wildman–Crippen MR) is 64.9 cm³/mol. The number of hydrogen-bond acceptors (Lipinski definition) is 4. The second kappa shape index (κ2) is 5.89. The van der Waals surface area contributed by atoms with Crippen LogP contribution in [0, 0.1) is 0 Å². The van der Waals surface area contributed by atoms with Gasteiger partial charge in [-0.1, -0.05) is 12.5 Å². The van der Waals surface area contributed by atoms with Gasteiger partial charge in [0.1, 0.15) is 5.69 Å². The number of carbonyl (C=O) groups excluding carboxylic acids is 1. The van der Waals surface area contributed by atoms with Gasteiger partial charge in [-0.15, -0.1) is 0 Å². The molecular weight excluding hydrogens is 216 g/mol. The van der Waals surface area contributed by atoms with Gasteiger partial charge < -0.3 is 5.11 Å². The second-order valence-electron chi connectivity index (χ2n) is 4.44. The van der Waals surface area contributed by atoms with E-state index in [1.165, 1.54) is 0 Å². The molecular formula is C13H18N2O2. The van der Waals surface area contributed by atoms with Gasteiger partial charge in [-0.25, -0.2) is 0 Å². The summed E-state index contributed by atoms with van der Waals surface area (Å²) in [5.74, 6) is 0.0333. The molecule has 92 valence electrons. The highest BCUT2D eigenvalue weighted by Crippen LogP contribution is 2.16. The van der Waals surface area contributed by atoms with Crippen molar-refractivity contribution in [2.24, 2.45) is 0 Å². The van der Waals surface area contributed by atoms with Crippen LogP contribution in [0.25, 0.3) is 0 Å². The average molecular weight is 234 g/mol. The van der Waals surface area contributed by atoms with Gasteiger partial charge in [0.05, 0.1) is 13.2 Å². The normalized spacial score (nSPS) is 21.4. The zero-order valence-electron chi connectivity index (χ0n) is 9.88. The van der Waals surface area contributed by atoms with Crippen LogP contribution in [0.4, 0.5) is 0 Å². The van der Waals surface area contributed by atoms with E-state index in [-0.39, 0.29) is 18.4 Å². The van der Waals surface area contributed by atoms with Crippen LogP contribution >= 0.6 is 0 Å². The number of nitrogens with zero attached hydrogens (tertiary/aromatic N) is 2. The summed E-state index contributed by atoms with van der Waals surface area (Å²) in [6, 6.07) is 5.49. The zero-order chi connectivity index (χ0) is 12.1. The van der Waals surface area contributed by atoms with E-state index >= 15 is 0 Å². The number of aromatic nitrogens is 1. The Morgan fingerprint density at radius 3 is 3.06 bits per heavy atom. The van der Waals surface area contributed by atoms with Crippen molar-refractivity contribution in [3.05, 3.63) is 30.1 Å². The quantitative estimate of drug-likeness (QED) is 0.793. The molecule has 0 amide bonds. The number of likely N-dealkylation sites (tertiary alicyclic amines) is 1. The largest absolute Gasteiger partial charge is 0.395 e. The summed E-state index contributed by atoms with van der Waals surface area (Å²) in [7, 11) is 0. The number of rotatable bonds is 4. The van der Waals surface area contributed by atoms with E-state index < -0.39 is 0 Å². The van der Waals surface area contributed by atoms with Crippen LogP contribution in [0.3, 0.4) is 0 Å². The molecule has 1 aliphatic heterocycles. The number of aliphatic hydroxyl groups is 1. The summed E-state index contributed by atoms with van der Waals surface area (Å²) in [6.45, 7) is 1.39. The second-order valence-corrected chi connectivity index (χ2v) is 4.44. The Morgan fingerprint density at radius 2 is 2.35 bits per heavy atom. The van der Waals surface area contributed by atoms with Gasteiger partial charge >= 0.3 is 0 Å². The Balaban J connectivity index is 1.98. The molecule has 2 heterocycles. The molecule has 1 aromatic heterocycles. The number of hydrogen-bond donors (Lipinski definition) is 1. The number of Topliss-reactive ketones (excluding diaryl/α,β-unsaturated/α-hetero) is 1. The van der Waals surface area contributed by atoms with Crippen LogP contribution in [0.2, 0.25) is 0 Å². The molecule has 1 fully saturated rings. The third-order valence-electron chi connectivity index (χ3n) is 3.26. The van der Waals surface area contributed by atoms with Gasteiger partial charge in [-0.05, 0) is 31.5 Å². The lowest BCUT2D eigenvalue weighted by Crippen LogP contribution is -2.44. The highest BCUT2D eigenvalue weighted by atomic mass is 16.3. The first-order chi connectivity index (χ1) is 8.31. The number of ketones is 1. The third kappa shape index (κ3) is 3.11. The van der Waals surface area contributed by atoms with E-state index in [0.717, 1.165) is 25.8 Å². The maximum Gasteiger partial charge on any atom is 0.195 e. The lowest BCUT2D eigenvalue weighted by molar-refractivity contribution is 0.0708. The Bertz CT molecular complexity index is 367. The van der Waals surface area contributed by atoms with Gasteiger partial charge in [-0.2, -0.15) is 0 Å². The smallest absolute Gasteiger partial charge is 0.195 e. The molecule has 0 unspecified atom stereocenters. The highest BCUT2D eigenvalue weighted by Gasteiger charge is 2.24. The molecule has 0 bridgehead atoms. The van der Waals surface area contributed by atoms with Crippen LogP contribution in [-0.4, -0.2) is 46.5 Å². The molecule has 4 nitrogen and oxygen atoms in total. The number of pyridine rings is 1. The molecule has 0 aromatic carbocycles. The van der Waals surface area contributed by atoms with Gasteiger partial charge in [0, 0.05) is 12.2 Å². The maximum absolute atomic E-state index is 12.0. The van der Waals surface area contributed by atoms with Crippen LogP contribution in [0.15, 0.2) is 24.4 Å². The van der Waals surface area contributed by atoms with Crippen molar-refractivity contribution in [2.45, 2.75) is 25.3 Å². The summed E-state index contributed by atoms with van der Waals surface area (Å²) in [4.78, 5) is 18.1. The molecule has 1 N–H and O–H groups in total. The summed E-state index contributed by atoms with van der Waals surface area (Å²) < 4.78 is 0. The summed E-state index contributed by atoms with van der Waals surface area (Å²) >= 11 is 0. The van der Waals surface area contributed by atoms with E-state index in [0.29, 0.717) is 12.2 Å². The molecule has 2 rings (SSSR count). The Labute approximate surface area is 101 Å². The van der Waals surface area contributed by atoms with Gasteiger partial charge in [0.15, 0.2) is 5.78 Å². The van der Waals surface area contributed by atoms with Gasteiger partial charge in [0.25, 0.3) is 0 Å². The third-order valence-corrected chi connectivity index (χ3v) is 3.26. The molecule has 0 spiro atoms. The van der Waals surface area contributed by atoms with Crippen molar-refractivity contribution >= 4 is 5.78 Å². The van der Waals surface area contributed by atoms with Gasteiger partial charge in [-0.3, -0.25) is 14.7 Å². The first-order valence-corrected chi connectivity index (χ1v) is 6.10. The lowest BCUT2D eigenvalue weighted by Gasteiger charge is -2.33. The van der Waals surface area contributed by atoms with Crippen molar-refractivity contribution in [3.8, 4) is 0 Å². The molecule has 1 aliphatic rings. The monoisotopic (exact) mass is 234 g/mol. The van der Waals surface area contributed by atoms with E-state index in [9.17, 15) is 9.90 Å². The molecule has 0 aliphatic carbocycles. The van der Waals surface area contributed by atoms with Crippen LogP contribution in [0.5, 0.6) is 0 Å². The van der Waals surface area contributed by atoms with E-state index in [2.05, 4.69) is 9.88 Å². The Hall–Kier alpha value is -1.26. The van der Waals surface area contributed by atoms with E-state index in [4.69, 9.17) is 0 Å². The summed E-state index contributed by atoms with van der Waals surface area (Å²) in [6.07, 6.45) is 4.85. The molecule has 4 heteroatoms. The maximum atomic E-state index is 12.0. The molecule has 1 aromatic rings. The molecule has 0 saturated carbocycles. The zero-order valence-corrected chi connectivity index (χ0v) is 9.88. The van der Waals surface area contributed by atoms with Crippen LogP contribution in [-0.2, 0) is 0 Å². The average Bonchev–Trinajstić information content (AvgIpc) is 2.40. The Morgan fingerprint density at radius 1 is 1.47 bits per heavy atom. The number of piperidine rings is 1. The van der Waals surface area contributed by atoms with Crippen molar-refractivity contribution in [2.75, 3.05) is 19.7 Å². The fourth-order valence-electron chi connectivity index (χ4n) is 2.27. The molecule has 17 heavy (non-hydrogen) atoms. The minimum absolute atomic E-state index is 0.0333. The van der Waals surface area contributed by atoms with Crippen molar-refractivity contribution in [1.29, 1.82) is 0 Å². The summed E-state index contributed by atoms with van der Waals surface area (Å²) in [5.41, 5.74) is 0.509. The van der Waals surface area contributed by atoms with E-state index in [1.54, 1.807) is 18.3 Å². The fourth-order valence-corrected chi connectivity index (χ4v) is 2.27. The lowest BCUT2D eigenvalue weighted by atomic mass is 10.0. The molecule has 1 saturated heterocycles. The fraction of sp³-hybridized carbons (Fsp3) is 0.538. The minimum atomic E-state index is 0.0333. The predicted octanol–water partition coefficient (Wildman–Crippen LogP) is 1.11. The minimum Gasteiger partial charge on any atom is -0.395 e. The van der Waals surface area contributed by atoms with Crippen molar-refractivity contribution in [1.82, 2.24) is 9.88 Å². The van der Waals surface area contributed by atoms with Gasteiger partial charge in [0.2, 0.25) is 0 Å². The standard InChI is InChI=1S/C13H18N2O2/c16-10-11-5-2-4-8-15(11)9-13(17)12-6-1-3-7-14-12/h1,3,6-7,11,16H,2,4-5,8-10H2/t11-/m0/s1. The SMILES string of the molecule is O=C(CN1CCCC[C@H]1CO)c1ccccn1. The first kappa shape index (κ1) is 12.2. The van der Waals surface area contributed by atoms with Crippen molar-refractivity contribution < 1.29 is 9.90 Å². The summed E-state index contributed by atoms with van der Waals surface area (Å²) in [5, 5.41) is 9.28. The first-order valence-electron chi connectivity index (χ1n) is 6.10. The molecule has 1 atom stereocenters. The topological polar surface area (TPSA) is 53.4 Å². The number of aliphatic hydroxyl groups excluding tert-OH is 1. The van der Waals surface area contributed by atoms with Crippen LogP contribution < -0.4 is 0 Å². The molecule has 0 radical (unpaired) electrons. The van der Waals surface area contributed by atoms with Crippen LogP contribution in [0.1, 0.15) is 29.8 Å². The Kier molecular flexibility index (Phi) is 4.23.